The zero-order valence-electron chi connectivity index (χ0n) is 6.50. The maximum atomic E-state index is 8.69. The highest BCUT2D eigenvalue weighted by molar-refractivity contribution is 9.10. The average molecular weight is 250 g/mol. The molecule has 1 atom stereocenters. The Morgan fingerprint density at radius 2 is 2.08 bits per heavy atom. The molecule has 0 aliphatic rings. The Hall–Kier alpha value is -0.0500. The quantitative estimate of drug-likeness (QED) is 0.816. The molecule has 1 unspecified atom stereocenters. The summed E-state index contributed by atoms with van der Waals surface area (Å²) < 4.78 is 0.999. The van der Waals surface area contributed by atoms with Crippen molar-refractivity contribution in [2.24, 2.45) is 0 Å². The first-order valence-corrected chi connectivity index (χ1v) is 4.98. The van der Waals surface area contributed by atoms with Crippen molar-refractivity contribution < 1.29 is 5.11 Å². The van der Waals surface area contributed by atoms with Gasteiger partial charge >= 0.3 is 0 Å². The maximum Gasteiger partial charge on any atom is 0.0618 e. The number of alkyl halides is 1. The van der Waals surface area contributed by atoms with E-state index in [0.717, 1.165) is 10.0 Å². The lowest BCUT2D eigenvalue weighted by molar-refractivity contribution is 0.286. The predicted molar refractivity (Wildman–Crippen MR) is 54.4 cm³/mol. The second-order valence-corrected chi connectivity index (χ2v) is 3.88. The smallest absolute Gasteiger partial charge is 0.0618 e. The number of aliphatic hydroxyl groups excluding tert-OH is 1. The molecule has 1 rings (SSSR count). The van der Waals surface area contributed by atoms with Gasteiger partial charge in [0, 0.05) is 11.1 Å². The van der Waals surface area contributed by atoms with E-state index in [4.69, 9.17) is 16.7 Å². The molecule has 3 heteroatoms. The van der Waals surface area contributed by atoms with Crippen LogP contribution in [0, 0.1) is 0 Å². The zero-order valence-corrected chi connectivity index (χ0v) is 8.85. The molecule has 0 aromatic heterocycles. The molecule has 0 fully saturated rings. The molecular weight excluding hydrogens is 239 g/mol. The zero-order chi connectivity index (χ0) is 8.97. The van der Waals surface area contributed by atoms with Gasteiger partial charge in [-0.25, -0.2) is 0 Å². The first-order valence-electron chi connectivity index (χ1n) is 3.75. The van der Waals surface area contributed by atoms with Crippen LogP contribution in [0.2, 0.25) is 0 Å². The Bertz CT molecular complexity index is 252. The lowest BCUT2D eigenvalue weighted by atomic mass is 10.1. The van der Waals surface area contributed by atoms with E-state index in [2.05, 4.69) is 15.9 Å². The SMILES string of the molecule is OCCC(Cl)c1ccccc1Br. The summed E-state index contributed by atoms with van der Waals surface area (Å²) in [5.74, 6) is 0. The Balaban J connectivity index is 2.79. The Morgan fingerprint density at radius 1 is 1.42 bits per heavy atom. The monoisotopic (exact) mass is 248 g/mol. The van der Waals surface area contributed by atoms with Gasteiger partial charge in [-0.1, -0.05) is 34.1 Å². The minimum atomic E-state index is -0.106. The minimum absolute atomic E-state index is 0.106. The molecule has 0 aliphatic carbocycles. The van der Waals surface area contributed by atoms with Crippen molar-refractivity contribution in [2.75, 3.05) is 6.61 Å². The lowest BCUT2D eigenvalue weighted by Crippen LogP contribution is -1.94. The normalized spacial score (nSPS) is 12.9. The predicted octanol–water partition coefficient (Wildman–Crippen LogP) is 3.11. The lowest BCUT2D eigenvalue weighted by Gasteiger charge is -2.09. The van der Waals surface area contributed by atoms with Gasteiger partial charge in [0.2, 0.25) is 0 Å². The van der Waals surface area contributed by atoms with Gasteiger partial charge in [-0.2, -0.15) is 0 Å². The van der Waals surface area contributed by atoms with Crippen molar-refractivity contribution in [1.29, 1.82) is 0 Å². The summed E-state index contributed by atoms with van der Waals surface area (Å²) in [4.78, 5) is 0. The van der Waals surface area contributed by atoms with Crippen molar-refractivity contribution in [3.63, 3.8) is 0 Å². The third-order valence-corrected chi connectivity index (χ3v) is 2.80. The molecule has 0 saturated heterocycles. The van der Waals surface area contributed by atoms with Crippen LogP contribution in [0.5, 0.6) is 0 Å². The molecule has 0 spiro atoms. The van der Waals surface area contributed by atoms with Gasteiger partial charge in [0.05, 0.1) is 5.38 Å². The average Bonchev–Trinajstić information content (AvgIpc) is 2.05. The summed E-state index contributed by atoms with van der Waals surface area (Å²) in [6.45, 7) is 0.121. The van der Waals surface area contributed by atoms with Crippen LogP contribution in [0.15, 0.2) is 28.7 Å². The van der Waals surface area contributed by atoms with Crippen LogP contribution < -0.4 is 0 Å². The fourth-order valence-corrected chi connectivity index (χ4v) is 1.98. The highest BCUT2D eigenvalue weighted by Crippen LogP contribution is 2.29. The molecule has 0 saturated carbocycles. The van der Waals surface area contributed by atoms with Gasteiger partial charge in [-0.3, -0.25) is 0 Å². The summed E-state index contributed by atoms with van der Waals surface area (Å²) in [5, 5.41) is 8.58. The van der Waals surface area contributed by atoms with Crippen molar-refractivity contribution in [1.82, 2.24) is 0 Å². The highest BCUT2D eigenvalue weighted by Gasteiger charge is 2.09. The summed E-state index contributed by atoms with van der Waals surface area (Å²) in [6.07, 6.45) is 0.587. The van der Waals surface area contributed by atoms with Crippen LogP contribution >= 0.6 is 27.5 Å². The first kappa shape index (κ1) is 10.0. The number of hydrogen-bond acceptors (Lipinski definition) is 1. The van der Waals surface area contributed by atoms with Crippen LogP contribution in [0.4, 0.5) is 0 Å². The van der Waals surface area contributed by atoms with E-state index in [1.165, 1.54) is 0 Å². The van der Waals surface area contributed by atoms with Crippen LogP contribution in [0.3, 0.4) is 0 Å². The number of halogens is 2. The molecule has 12 heavy (non-hydrogen) atoms. The van der Waals surface area contributed by atoms with E-state index in [9.17, 15) is 0 Å². The van der Waals surface area contributed by atoms with Crippen molar-refractivity contribution >= 4 is 27.5 Å². The molecule has 1 nitrogen and oxygen atoms in total. The number of rotatable bonds is 3. The molecule has 0 aliphatic heterocycles. The third-order valence-electron chi connectivity index (χ3n) is 1.63. The second kappa shape index (κ2) is 4.85. The minimum Gasteiger partial charge on any atom is -0.396 e. The Kier molecular flexibility index (Phi) is 4.06. The van der Waals surface area contributed by atoms with E-state index in [1.807, 2.05) is 24.3 Å². The maximum absolute atomic E-state index is 8.69. The molecule has 1 aromatic carbocycles. The van der Waals surface area contributed by atoms with E-state index in [-0.39, 0.29) is 12.0 Å². The molecular formula is C9H10BrClO. The van der Waals surface area contributed by atoms with Crippen molar-refractivity contribution in [2.45, 2.75) is 11.8 Å². The summed E-state index contributed by atoms with van der Waals surface area (Å²) in [6, 6.07) is 7.78. The largest absolute Gasteiger partial charge is 0.396 e. The van der Waals surface area contributed by atoms with Gasteiger partial charge in [0.25, 0.3) is 0 Å². The second-order valence-electron chi connectivity index (χ2n) is 2.50. The molecule has 1 N–H and O–H groups in total. The summed E-state index contributed by atoms with van der Waals surface area (Å²) in [5.41, 5.74) is 1.04. The third kappa shape index (κ3) is 2.47. The van der Waals surface area contributed by atoms with E-state index >= 15 is 0 Å². The van der Waals surface area contributed by atoms with Crippen LogP contribution in [-0.2, 0) is 0 Å². The molecule has 66 valence electrons. The van der Waals surface area contributed by atoms with Gasteiger partial charge in [-0.15, -0.1) is 11.6 Å². The van der Waals surface area contributed by atoms with Crippen LogP contribution in [0.1, 0.15) is 17.4 Å². The van der Waals surface area contributed by atoms with Gasteiger partial charge in [0.1, 0.15) is 0 Å². The van der Waals surface area contributed by atoms with Crippen LogP contribution in [0.25, 0.3) is 0 Å². The Morgan fingerprint density at radius 3 is 2.67 bits per heavy atom. The highest BCUT2D eigenvalue weighted by atomic mass is 79.9. The van der Waals surface area contributed by atoms with Gasteiger partial charge < -0.3 is 5.11 Å². The standard InChI is InChI=1S/C9H10BrClO/c10-8-4-2-1-3-7(8)9(11)5-6-12/h1-4,9,12H,5-6H2. The molecule has 1 aromatic rings. The molecule has 0 radical (unpaired) electrons. The van der Waals surface area contributed by atoms with Gasteiger partial charge in [-0.05, 0) is 18.1 Å². The Labute approximate surface area is 85.5 Å². The molecule has 0 amide bonds. The number of hydrogen-bond donors (Lipinski definition) is 1. The van der Waals surface area contributed by atoms with Crippen LogP contribution in [-0.4, -0.2) is 11.7 Å². The molecule has 0 bridgehead atoms. The fourth-order valence-electron chi connectivity index (χ4n) is 0.998. The van der Waals surface area contributed by atoms with Gasteiger partial charge in [0.15, 0.2) is 0 Å². The van der Waals surface area contributed by atoms with E-state index in [1.54, 1.807) is 0 Å². The number of aliphatic hydroxyl groups is 1. The molecule has 0 heterocycles. The topological polar surface area (TPSA) is 20.2 Å². The number of benzene rings is 1. The first-order chi connectivity index (χ1) is 5.75. The van der Waals surface area contributed by atoms with Crippen molar-refractivity contribution in [3.05, 3.63) is 34.3 Å². The summed E-state index contributed by atoms with van der Waals surface area (Å²) >= 11 is 9.42. The fraction of sp³-hybridized carbons (Fsp3) is 0.333. The summed E-state index contributed by atoms with van der Waals surface area (Å²) in [7, 11) is 0. The van der Waals surface area contributed by atoms with E-state index in [0.29, 0.717) is 6.42 Å². The van der Waals surface area contributed by atoms with Crippen molar-refractivity contribution in [3.8, 4) is 0 Å². The van der Waals surface area contributed by atoms with E-state index < -0.39 is 0 Å².